The molecule has 0 radical (unpaired) electrons. The molecule has 3 aromatic rings. The lowest BCUT2D eigenvalue weighted by Gasteiger charge is -2.26. The van der Waals surface area contributed by atoms with E-state index in [1.54, 1.807) is 0 Å². The van der Waals surface area contributed by atoms with Crippen LogP contribution in [0.15, 0.2) is 72.8 Å². The average molecular weight is 360 g/mol. The maximum Gasteiger partial charge on any atom is 0.119 e. The summed E-state index contributed by atoms with van der Waals surface area (Å²) in [4.78, 5) is 2.28. The zero-order valence-electron chi connectivity index (χ0n) is 16.6. The first-order valence-corrected chi connectivity index (χ1v) is 9.83. The van der Waals surface area contributed by atoms with E-state index in [0.717, 1.165) is 35.8 Å². The lowest BCUT2D eigenvalue weighted by Crippen LogP contribution is -2.10. The van der Waals surface area contributed by atoms with Gasteiger partial charge in [0.15, 0.2) is 0 Å². The van der Waals surface area contributed by atoms with Crippen molar-refractivity contribution in [1.29, 1.82) is 0 Å². The van der Waals surface area contributed by atoms with E-state index in [1.807, 2.05) is 0 Å². The zero-order chi connectivity index (χ0) is 19.1. The second kappa shape index (κ2) is 9.27. The van der Waals surface area contributed by atoms with Gasteiger partial charge in [-0.15, -0.1) is 0 Å². The molecule has 0 N–H and O–H groups in total. The van der Waals surface area contributed by atoms with Crippen LogP contribution in [0.1, 0.15) is 37.3 Å². The molecule has 0 bridgehead atoms. The quantitative estimate of drug-likeness (QED) is 0.390. The minimum absolute atomic E-state index is 0.785. The molecule has 3 aromatic carbocycles. The third-order valence-electron chi connectivity index (χ3n) is 4.70. The van der Waals surface area contributed by atoms with E-state index in [2.05, 4.69) is 98.5 Å². The summed E-state index contributed by atoms with van der Waals surface area (Å²) in [5, 5.41) is 0. The molecule has 0 fully saturated rings. The molecule has 3 rings (SSSR count). The van der Waals surface area contributed by atoms with Crippen molar-refractivity contribution in [2.75, 3.05) is 11.5 Å². The Bertz CT molecular complexity index is 774. The molecular formula is C25H29NO. The molecule has 0 aliphatic heterocycles. The highest BCUT2D eigenvalue weighted by atomic mass is 16.5. The molecule has 0 atom stereocenters. The lowest BCUT2D eigenvalue weighted by atomic mass is 10.1. The number of rotatable bonds is 8. The van der Waals surface area contributed by atoms with Crippen molar-refractivity contribution >= 4 is 17.1 Å². The molecule has 140 valence electrons. The molecule has 0 aromatic heterocycles. The fourth-order valence-electron chi connectivity index (χ4n) is 3.07. The fourth-order valence-corrected chi connectivity index (χ4v) is 3.07. The Labute approximate surface area is 163 Å². The summed E-state index contributed by atoms with van der Waals surface area (Å²) in [6.45, 7) is 7.22. The highest BCUT2D eigenvalue weighted by molar-refractivity contribution is 5.76. The molecular weight excluding hydrogens is 330 g/mol. The van der Waals surface area contributed by atoms with Crippen LogP contribution in [0, 0.1) is 13.8 Å². The molecule has 2 nitrogen and oxygen atoms in total. The Morgan fingerprint density at radius 2 is 1.07 bits per heavy atom. The number of hydrogen-bond acceptors (Lipinski definition) is 2. The predicted molar refractivity (Wildman–Crippen MR) is 116 cm³/mol. The van der Waals surface area contributed by atoms with Crippen LogP contribution in [-0.2, 0) is 0 Å². The van der Waals surface area contributed by atoms with Crippen molar-refractivity contribution in [3.8, 4) is 5.75 Å². The Hall–Kier alpha value is -2.74. The lowest BCUT2D eigenvalue weighted by molar-refractivity contribution is 0.306. The molecule has 0 aliphatic carbocycles. The van der Waals surface area contributed by atoms with Gasteiger partial charge in [-0.25, -0.2) is 0 Å². The summed E-state index contributed by atoms with van der Waals surface area (Å²) in [7, 11) is 0. The Morgan fingerprint density at radius 3 is 1.52 bits per heavy atom. The van der Waals surface area contributed by atoms with E-state index >= 15 is 0 Å². The van der Waals surface area contributed by atoms with Gasteiger partial charge in [0.2, 0.25) is 0 Å². The largest absolute Gasteiger partial charge is 0.494 e. The summed E-state index contributed by atoms with van der Waals surface area (Å²) < 4.78 is 5.87. The van der Waals surface area contributed by atoms with Gasteiger partial charge in [0, 0.05) is 17.1 Å². The van der Waals surface area contributed by atoms with Crippen LogP contribution in [0.4, 0.5) is 17.1 Å². The zero-order valence-corrected chi connectivity index (χ0v) is 16.6. The second-order valence-corrected chi connectivity index (χ2v) is 7.06. The predicted octanol–water partition coefficient (Wildman–Crippen LogP) is 7.34. The minimum atomic E-state index is 0.785. The van der Waals surface area contributed by atoms with Gasteiger partial charge in [0.05, 0.1) is 6.61 Å². The van der Waals surface area contributed by atoms with Crippen molar-refractivity contribution in [3.05, 3.63) is 83.9 Å². The van der Waals surface area contributed by atoms with E-state index < -0.39 is 0 Å². The first-order valence-electron chi connectivity index (χ1n) is 9.83. The summed E-state index contributed by atoms with van der Waals surface area (Å²) in [5.74, 6) is 0.933. The molecule has 0 amide bonds. The van der Waals surface area contributed by atoms with Crippen LogP contribution in [0.2, 0.25) is 0 Å². The molecule has 27 heavy (non-hydrogen) atoms. The number of anilines is 3. The minimum Gasteiger partial charge on any atom is -0.494 e. The van der Waals surface area contributed by atoms with Crippen molar-refractivity contribution in [2.45, 2.75) is 40.0 Å². The topological polar surface area (TPSA) is 12.5 Å². The number of ether oxygens (including phenoxy) is 1. The third kappa shape index (κ3) is 5.13. The van der Waals surface area contributed by atoms with E-state index in [9.17, 15) is 0 Å². The van der Waals surface area contributed by atoms with Gasteiger partial charge in [-0.3, -0.25) is 0 Å². The van der Waals surface area contributed by atoms with E-state index in [0.29, 0.717) is 0 Å². The maximum atomic E-state index is 5.87. The Morgan fingerprint density at radius 1 is 0.630 bits per heavy atom. The number of nitrogens with zero attached hydrogens (tertiary/aromatic N) is 1. The molecule has 2 heteroatoms. The highest BCUT2D eigenvalue weighted by Crippen LogP contribution is 2.35. The van der Waals surface area contributed by atoms with E-state index in [-0.39, 0.29) is 0 Å². The molecule has 0 aliphatic rings. The van der Waals surface area contributed by atoms with Crippen molar-refractivity contribution < 1.29 is 4.74 Å². The second-order valence-electron chi connectivity index (χ2n) is 7.06. The standard InChI is InChI=1S/C25H29NO/c1-4-5-6-19-27-25-17-15-24(16-18-25)26(22-11-7-20(2)8-12-22)23-13-9-21(3)10-14-23/h7-18H,4-6,19H2,1-3H3. The number of hydrogen-bond donors (Lipinski definition) is 0. The monoisotopic (exact) mass is 359 g/mol. The van der Waals surface area contributed by atoms with Gasteiger partial charge in [-0.1, -0.05) is 55.2 Å². The van der Waals surface area contributed by atoms with Crippen LogP contribution in [0.25, 0.3) is 0 Å². The summed E-state index contributed by atoms with van der Waals surface area (Å²) >= 11 is 0. The van der Waals surface area contributed by atoms with Gasteiger partial charge in [-0.2, -0.15) is 0 Å². The number of benzene rings is 3. The van der Waals surface area contributed by atoms with Crippen LogP contribution in [0.3, 0.4) is 0 Å². The van der Waals surface area contributed by atoms with E-state index in [4.69, 9.17) is 4.74 Å². The Kier molecular flexibility index (Phi) is 6.54. The first-order chi connectivity index (χ1) is 13.2. The molecule has 0 saturated heterocycles. The Balaban J connectivity index is 1.86. The van der Waals surface area contributed by atoms with Crippen molar-refractivity contribution in [3.63, 3.8) is 0 Å². The van der Waals surface area contributed by atoms with Gasteiger partial charge in [0.1, 0.15) is 5.75 Å². The summed E-state index contributed by atoms with van der Waals surface area (Å²) in [5.41, 5.74) is 5.96. The number of aryl methyl sites for hydroxylation is 2. The smallest absolute Gasteiger partial charge is 0.119 e. The van der Waals surface area contributed by atoms with Gasteiger partial charge in [0.25, 0.3) is 0 Å². The molecule has 0 unspecified atom stereocenters. The molecule has 0 heterocycles. The molecule has 0 spiro atoms. The van der Waals surface area contributed by atoms with Crippen molar-refractivity contribution in [1.82, 2.24) is 0 Å². The third-order valence-corrected chi connectivity index (χ3v) is 4.70. The van der Waals surface area contributed by atoms with Gasteiger partial charge < -0.3 is 9.64 Å². The number of unbranched alkanes of at least 4 members (excludes halogenated alkanes) is 2. The SMILES string of the molecule is CCCCCOc1ccc(N(c2ccc(C)cc2)c2ccc(C)cc2)cc1. The van der Waals surface area contributed by atoms with Crippen molar-refractivity contribution in [2.24, 2.45) is 0 Å². The fraction of sp³-hybridized carbons (Fsp3) is 0.280. The first kappa shape index (κ1) is 19.0. The van der Waals surface area contributed by atoms with E-state index in [1.165, 1.54) is 24.0 Å². The van der Waals surface area contributed by atoms with Crippen LogP contribution >= 0.6 is 0 Å². The van der Waals surface area contributed by atoms with Gasteiger partial charge >= 0.3 is 0 Å². The maximum absolute atomic E-state index is 5.87. The highest BCUT2D eigenvalue weighted by Gasteiger charge is 2.12. The van der Waals surface area contributed by atoms with Gasteiger partial charge in [-0.05, 0) is 68.8 Å². The van der Waals surface area contributed by atoms with Crippen LogP contribution < -0.4 is 9.64 Å². The summed E-state index contributed by atoms with van der Waals surface area (Å²) in [6, 6.07) is 25.7. The molecule has 0 saturated carbocycles. The summed E-state index contributed by atoms with van der Waals surface area (Å²) in [6.07, 6.45) is 3.54. The van der Waals surface area contributed by atoms with Crippen LogP contribution in [-0.4, -0.2) is 6.61 Å². The van der Waals surface area contributed by atoms with Crippen LogP contribution in [0.5, 0.6) is 5.75 Å². The average Bonchev–Trinajstić information content (AvgIpc) is 2.69. The normalized spacial score (nSPS) is 10.6.